The van der Waals surface area contributed by atoms with Gasteiger partial charge in [-0.1, -0.05) is 0 Å². The van der Waals surface area contributed by atoms with E-state index in [0.29, 0.717) is 0 Å². The molecule has 0 bridgehead atoms. The Bertz CT molecular complexity index is 346. The molecule has 0 aromatic heterocycles. The van der Waals surface area contributed by atoms with Crippen molar-refractivity contribution in [3.8, 4) is 0 Å². The molecule has 18 heavy (non-hydrogen) atoms. The Labute approximate surface area is 170 Å². The van der Waals surface area contributed by atoms with Crippen LogP contribution in [0.4, 0.5) is 0 Å². The van der Waals surface area contributed by atoms with Gasteiger partial charge in [-0.05, 0) is 0 Å². The Morgan fingerprint density at radius 2 is 0.444 bits per heavy atom. The number of rotatable bonds is 0. The summed E-state index contributed by atoms with van der Waals surface area (Å²) in [7, 11) is -15.5. The van der Waals surface area contributed by atoms with E-state index in [2.05, 4.69) is 0 Å². The van der Waals surface area contributed by atoms with Gasteiger partial charge < -0.3 is 33.5 Å². The molecule has 2 radical (unpaired) electrons. The van der Waals surface area contributed by atoms with Crippen LogP contribution in [0.15, 0.2) is 0 Å². The molecule has 13 nitrogen and oxygen atoms in total. The number of hydrogen-bond acceptors (Lipinski definition) is 13. The molecule has 0 aromatic rings. The largest absolute Gasteiger partial charge is 3.00 e. The van der Waals surface area contributed by atoms with Gasteiger partial charge in [0.2, 0.25) is 0 Å². The molecule has 0 spiro atoms. The summed E-state index contributed by atoms with van der Waals surface area (Å²) in [5.41, 5.74) is 0. The van der Waals surface area contributed by atoms with E-state index in [1.54, 1.807) is 0 Å². The first-order valence-corrected chi connectivity index (χ1v) is 6.00. The van der Waals surface area contributed by atoms with Crippen LogP contribution >= 0.6 is 0 Å². The van der Waals surface area contributed by atoms with Crippen LogP contribution < -0.4 is 6.15 Å². The standard InChI is InChI=1S/2Ce.H3N.3H2O4S/c;;;3*1-5(2,3)4/h;;1H3;3*(H2,1,2,3,4)/q2*+3;;;;/p-6. The first-order valence-electron chi connectivity index (χ1n) is 2.00. The Hall–Kier alpha value is 2.32. The van der Waals surface area contributed by atoms with Gasteiger partial charge in [0, 0.05) is 31.2 Å². The van der Waals surface area contributed by atoms with Gasteiger partial charge in [-0.15, -0.1) is 0 Å². The minimum Gasteiger partial charge on any atom is -0.759 e. The Balaban J connectivity index is -0.0000000277. The van der Waals surface area contributed by atoms with Crippen molar-refractivity contribution in [3.05, 3.63) is 0 Å². The van der Waals surface area contributed by atoms with Gasteiger partial charge in [0.25, 0.3) is 0 Å². The normalized spacial score (nSPS) is 9.67. The molecule has 0 saturated carbocycles. The predicted octanol–water partition coefficient (Wildman–Crippen LogP) is -3.85. The zero-order valence-corrected chi connectivity index (χ0v) is 16.6. The maximum atomic E-state index is 8.52. The summed E-state index contributed by atoms with van der Waals surface area (Å²) in [6, 6.07) is 0. The topological polar surface area (TPSA) is 276 Å². The van der Waals surface area contributed by atoms with Crippen LogP contribution in [-0.4, -0.2) is 52.6 Å². The summed E-state index contributed by atoms with van der Waals surface area (Å²) in [6.45, 7) is 0. The van der Waals surface area contributed by atoms with Crippen LogP contribution in [0.3, 0.4) is 0 Å². The zero-order valence-electron chi connectivity index (χ0n) is 7.83. The van der Waals surface area contributed by atoms with Crippen LogP contribution in [-0.2, 0) is 31.2 Å². The summed E-state index contributed by atoms with van der Waals surface area (Å²) in [4.78, 5) is 0. The fraction of sp³-hybridized carbons (Fsp3) is 0. The van der Waals surface area contributed by atoms with E-state index in [0.717, 1.165) is 0 Å². The molecule has 0 aliphatic rings. The van der Waals surface area contributed by atoms with Crippen molar-refractivity contribution in [3.63, 3.8) is 0 Å². The van der Waals surface area contributed by atoms with Crippen LogP contribution in [0, 0.1) is 83.5 Å². The van der Waals surface area contributed by atoms with Crippen LogP contribution in [0.2, 0.25) is 0 Å². The van der Waals surface area contributed by atoms with Crippen molar-refractivity contribution in [1.29, 1.82) is 0 Å². The van der Waals surface area contributed by atoms with Crippen molar-refractivity contribution in [2.75, 3.05) is 0 Å². The maximum absolute atomic E-state index is 8.52. The van der Waals surface area contributed by atoms with Gasteiger partial charge in [0.15, 0.2) is 0 Å². The fourth-order valence-electron chi connectivity index (χ4n) is 0. The summed E-state index contributed by atoms with van der Waals surface area (Å²) in [6.07, 6.45) is 0. The van der Waals surface area contributed by atoms with Gasteiger partial charge in [-0.2, -0.15) is 0 Å². The van der Waals surface area contributed by atoms with E-state index < -0.39 is 31.2 Å². The van der Waals surface area contributed by atoms with Crippen molar-refractivity contribution >= 4 is 31.2 Å². The SMILES string of the molecule is N.O=S(=O)([O-])[O-].O=S(=O)([O-])[O-].O=S(=O)([O-])[O-].[Ce+3].[Ce+3]. The molecule has 3 N–H and O–H groups in total. The van der Waals surface area contributed by atoms with Crippen LogP contribution in [0.5, 0.6) is 0 Å². The molecule has 106 valence electrons. The van der Waals surface area contributed by atoms with E-state index >= 15 is 0 Å². The Morgan fingerprint density at radius 3 is 0.444 bits per heavy atom. The van der Waals surface area contributed by atoms with E-state index in [9.17, 15) is 0 Å². The van der Waals surface area contributed by atoms with E-state index in [-0.39, 0.29) is 89.6 Å². The molecule has 0 amide bonds. The monoisotopic (exact) mass is 585 g/mol. The Morgan fingerprint density at radius 1 is 0.444 bits per heavy atom. The first kappa shape index (κ1) is 37.0. The molecule has 0 aromatic carbocycles. The van der Waals surface area contributed by atoms with Crippen molar-refractivity contribution in [2.24, 2.45) is 0 Å². The predicted molar refractivity (Wildman–Crippen MR) is 36.4 cm³/mol. The summed E-state index contributed by atoms with van der Waals surface area (Å²) < 4.78 is 102. The van der Waals surface area contributed by atoms with E-state index in [1.165, 1.54) is 0 Å². The smallest absolute Gasteiger partial charge is 0.759 e. The van der Waals surface area contributed by atoms with Crippen molar-refractivity contribution in [1.82, 2.24) is 6.15 Å². The molecule has 0 saturated heterocycles. The second-order valence-electron chi connectivity index (χ2n) is 1.22. The zero-order chi connectivity index (χ0) is 13.5. The van der Waals surface area contributed by atoms with Gasteiger partial charge in [-0.25, -0.2) is 0 Å². The number of hydrogen-bond donors (Lipinski definition) is 1. The van der Waals surface area contributed by atoms with Crippen molar-refractivity contribution in [2.45, 2.75) is 0 Å². The summed E-state index contributed by atoms with van der Waals surface area (Å²) in [5.74, 6) is 0. The first-order chi connectivity index (χ1) is 6.00. The molecule has 0 rings (SSSR count). The van der Waals surface area contributed by atoms with Crippen molar-refractivity contribution < 1.29 is 136 Å². The minimum absolute atomic E-state index is 0. The molecule has 0 aliphatic heterocycles. The Kier molecular flexibility index (Phi) is 32.3. The molecule has 0 unspecified atom stereocenters. The fourth-order valence-corrected chi connectivity index (χ4v) is 0. The van der Waals surface area contributed by atoms with Crippen LogP contribution in [0.25, 0.3) is 0 Å². The van der Waals surface area contributed by atoms with E-state index in [4.69, 9.17) is 52.6 Å². The third-order valence-corrected chi connectivity index (χ3v) is 0. The molecule has 0 atom stereocenters. The van der Waals surface area contributed by atoms with E-state index in [1.807, 2.05) is 0 Å². The molecular weight excluding hydrogens is 582 g/mol. The summed E-state index contributed by atoms with van der Waals surface area (Å²) in [5, 5.41) is 0. The maximum Gasteiger partial charge on any atom is 3.00 e. The summed E-state index contributed by atoms with van der Waals surface area (Å²) >= 11 is 0. The van der Waals surface area contributed by atoms with Gasteiger partial charge in [-0.3, -0.25) is 25.3 Å². The quantitative estimate of drug-likeness (QED) is 0.211. The third kappa shape index (κ3) is 1020. The van der Waals surface area contributed by atoms with Crippen LogP contribution in [0.1, 0.15) is 0 Å². The molecule has 18 heteroatoms. The molecule has 0 fully saturated rings. The molecule has 0 heterocycles. The van der Waals surface area contributed by atoms with Gasteiger partial charge in [0.05, 0.1) is 0 Å². The average Bonchev–Trinajstić information content (AvgIpc) is 1.41. The van der Waals surface area contributed by atoms with Gasteiger partial charge >= 0.3 is 83.5 Å². The average molecular weight is 585 g/mol. The second kappa shape index (κ2) is 15.7. The molecule has 0 aliphatic carbocycles. The second-order valence-corrected chi connectivity index (χ2v) is 3.67. The minimum atomic E-state index is -5.17. The third-order valence-electron chi connectivity index (χ3n) is 0. The van der Waals surface area contributed by atoms with Gasteiger partial charge in [0.1, 0.15) is 0 Å². The molecular formula is H3Ce2NO12S3.